The van der Waals surface area contributed by atoms with Crippen molar-refractivity contribution in [1.29, 1.82) is 0 Å². The summed E-state index contributed by atoms with van der Waals surface area (Å²) >= 11 is 7.21. The fourth-order valence-corrected chi connectivity index (χ4v) is 5.41. The predicted octanol–water partition coefficient (Wildman–Crippen LogP) is 6.12. The van der Waals surface area contributed by atoms with Crippen molar-refractivity contribution in [3.63, 3.8) is 0 Å². The molecular formula is C17H29I2N3Pt. The molecule has 0 N–H and O–H groups in total. The van der Waals surface area contributed by atoms with E-state index >= 15 is 0 Å². The Morgan fingerprint density at radius 1 is 0.913 bits per heavy atom. The molecule has 1 aromatic rings. The number of imidazole rings is 1. The molecule has 1 heterocycles. The first kappa shape index (κ1) is 20.6. The molecule has 0 amide bonds. The Hall–Kier alpha value is 1.32. The molecule has 2 aliphatic carbocycles. The van der Waals surface area contributed by atoms with Gasteiger partial charge in [-0.15, -0.1) is 0 Å². The molecule has 0 aliphatic heterocycles. The van der Waals surface area contributed by atoms with Crippen LogP contribution in [0.5, 0.6) is 0 Å². The Labute approximate surface area is 180 Å². The standard InChI is InChI=1S/C10H16N2.C7H13I2N.Pt/c1-11-7-8-12(9-11)10-5-3-2-4-6-10;8-10(9)7-5-3-1-2-4-6-7;/h7-8,10H,2-6H2,1H3;7H,1-6H2;. The number of nitrogens with zero attached hydrogens (tertiary/aromatic N) is 3. The van der Waals surface area contributed by atoms with E-state index in [-0.39, 0.29) is 0 Å². The first-order valence-corrected chi connectivity index (χ1v) is 12.0. The fourth-order valence-electron chi connectivity index (χ4n) is 3.54. The van der Waals surface area contributed by atoms with E-state index in [1.807, 2.05) is 0 Å². The minimum absolute atomic E-state index is 0.766. The summed E-state index contributed by atoms with van der Waals surface area (Å²) in [6, 6.07) is 1.62. The molecule has 0 radical (unpaired) electrons. The molecule has 0 aromatic carbocycles. The molecule has 2 aliphatic rings. The van der Waals surface area contributed by atoms with E-state index in [9.17, 15) is 0 Å². The van der Waals surface area contributed by atoms with Gasteiger partial charge in [0.1, 0.15) is 0 Å². The monoisotopic (exact) mass is 724 g/mol. The van der Waals surface area contributed by atoms with E-state index in [0.717, 1.165) is 12.1 Å². The largest absolute Gasteiger partial charge is 0.185 e. The summed E-state index contributed by atoms with van der Waals surface area (Å²) < 4.78 is 8.30. The molecule has 2 saturated carbocycles. The van der Waals surface area contributed by atoms with Gasteiger partial charge in [-0.2, -0.15) is 1.33 Å². The van der Waals surface area contributed by atoms with E-state index in [0.29, 0.717) is 0 Å². The van der Waals surface area contributed by atoms with E-state index in [1.165, 1.54) is 74.4 Å². The van der Waals surface area contributed by atoms with Crippen molar-refractivity contribution in [3.05, 3.63) is 16.2 Å². The van der Waals surface area contributed by atoms with Crippen molar-refractivity contribution in [2.24, 2.45) is 7.05 Å². The summed E-state index contributed by atoms with van der Waals surface area (Å²) in [7, 11) is 2.11. The summed E-state index contributed by atoms with van der Waals surface area (Å²) in [5, 5.41) is 0. The Morgan fingerprint density at radius 2 is 1.43 bits per heavy atom. The van der Waals surface area contributed by atoms with E-state index < -0.39 is 0 Å². The van der Waals surface area contributed by atoms with Gasteiger partial charge in [-0.05, 0) is 12.8 Å². The number of halogens is 2. The zero-order chi connectivity index (χ0) is 16.7. The summed E-state index contributed by atoms with van der Waals surface area (Å²) in [5.41, 5.74) is 0. The van der Waals surface area contributed by atoms with Crippen molar-refractivity contribution in [1.82, 2.24) is 10.5 Å². The van der Waals surface area contributed by atoms with Gasteiger partial charge < -0.3 is 0 Å². The van der Waals surface area contributed by atoms with Crippen molar-refractivity contribution >= 4 is 45.7 Å². The quantitative estimate of drug-likeness (QED) is 0.204. The molecule has 1 aromatic heterocycles. The van der Waals surface area contributed by atoms with Crippen LogP contribution in [-0.2, 0) is 26.4 Å². The number of aromatic nitrogens is 2. The van der Waals surface area contributed by atoms with Crippen LogP contribution in [0, 0.1) is 3.80 Å². The van der Waals surface area contributed by atoms with E-state index in [2.05, 4.69) is 95.0 Å². The zero-order valence-electron chi connectivity index (χ0n) is 14.0. The van der Waals surface area contributed by atoms with Gasteiger partial charge in [-0.3, -0.25) is 0 Å². The topological polar surface area (TPSA) is 13.1 Å². The van der Waals surface area contributed by atoms with Crippen molar-refractivity contribution in [3.8, 4) is 0 Å². The van der Waals surface area contributed by atoms with Crippen molar-refractivity contribution < 1.29 is 19.4 Å². The molecular weight excluding hydrogens is 695 g/mol. The first-order valence-electron chi connectivity index (χ1n) is 8.89. The maximum Gasteiger partial charge on any atom is 0.0311 e. The molecule has 23 heavy (non-hydrogen) atoms. The van der Waals surface area contributed by atoms with E-state index in [1.54, 1.807) is 0 Å². The minimum Gasteiger partial charge on any atom is -0.185 e. The van der Waals surface area contributed by atoms with Gasteiger partial charge in [0.2, 0.25) is 0 Å². The minimum atomic E-state index is 0.766. The van der Waals surface area contributed by atoms with Crippen LogP contribution in [0.15, 0.2) is 12.4 Å². The molecule has 3 rings (SSSR count). The average Bonchev–Trinajstić information content (AvgIpc) is 2.78. The molecule has 3 nitrogen and oxygen atoms in total. The van der Waals surface area contributed by atoms with E-state index in [4.69, 9.17) is 0 Å². The van der Waals surface area contributed by atoms with Gasteiger partial charge in [-0.1, -0.05) is 25.7 Å². The first-order chi connectivity index (χ1) is 11.1. The Balaban J connectivity index is 0.000000174. The molecule has 6 heteroatoms. The summed E-state index contributed by atoms with van der Waals surface area (Å²) in [5.74, 6) is 0. The van der Waals surface area contributed by atoms with Crippen LogP contribution in [0.4, 0.5) is 0 Å². The van der Waals surface area contributed by atoms with Gasteiger partial charge in [0.05, 0.1) is 0 Å². The third-order valence-electron chi connectivity index (χ3n) is 4.99. The maximum atomic E-state index is 2.43. The van der Waals surface area contributed by atoms with Crippen LogP contribution < -0.4 is 0 Å². The summed E-state index contributed by atoms with van der Waals surface area (Å²) in [6.07, 6.45) is 19.9. The molecule has 0 bridgehead atoms. The SMILES string of the molecule is Cn1ccn(C2CCCCC2)[c]1=[Pt].IN(I)C1CCCCCC1. The van der Waals surface area contributed by atoms with Gasteiger partial charge in [-0.25, -0.2) is 0 Å². The third-order valence-corrected chi connectivity index (χ3v) is 7.95. The fraction of sp³-hybridized carbons (Fsp3) is 0.824. The Kier molecular flexibility index (Phi) is 9.97. The number of rotatable bonds is 2. The summed E-state index contributed by atoms with van der Waals surface area (Å²) in [6.45, 7) is 0. The van der Waals surface area contributed by atoms with Crippen LogP contribution >= 0.6 is 45.7 Å². The van der Waals surface area contributed by atoms with Crippen molar-refractivity contribution in [2.75, 3.05) is 0 Å². The molecule has 0 spiro atoms. The Bertz CT molecular complexity index is 498. The second kappa shape index (κ2) is 11.1. The predicted molar refractivity (Wildman–Crippen MR) is 110 cm³/mol. The zero-order valence-corrected chi connectivity index (χ0v) is 20.6. The van der Waals surface area contributed by atoms with Gasteiger partial charge in [0.15, 0.2) is 0 Å². The van der Waals surface area contributed by atoms with Crippen molar-refractivity contribution in [2.45, 2.75) is 82.7 Å². The molecule has 0 atom stereocenters. The average molecular weight is 724 g/mol. The normalized spacial score (nSPS) is 21.0. The number of aryl methyl sites for hydroxylation is 1. The van der Waals surface area contributed by atoms with Gasteiger partial charge in [0, 0.05) is 51.8 Å². The molecule has 0 saturated heterocycles. The number of hydrogen-bond donors (Lipinski definition) is 0. The number of hydrogen-bond acceptors (Lipinski definition) is 1. The summed E-state index contributed by atoms with van der Waals surface area (Å²) in [4.78, 5) is 0. The van der Waals surface area contributed by atoms with Crippen LogP contribution in [0.1, 0.15) is 76.7 Å². The van der Waals surface area contributed by atoms with Crippen LogP contribution in [0.25, 0.3) is 0 Å². The maximum absolute atomic E-state index is 2.43. The van der Waals surface area contributed by atoms with Gasteiger partial charge >= 0.3 is 89.9 Å². The molecule has 136 valence electrons. The van der Waals surface area contributed by atoms with Crippen LogP contribution in [0.2, 0.25) is 0 Å². The van der Waals surface area contributed by atoms with Crippen LogP contribution in [0.3, 0.4) is 0 Å². The smallest absolute Gasteiger partial charge is 0.0311 e. The third kappa shape index (κ3) is 6.86. The van der Waals surface area contributed by atoms with Gasteiger partial charge in [0.25, 0.3) is 0 Å². The Morgan fingerprint density at radius 3 is 1.91 bits per heavy atom. The second-order valence-electron chi connectivity index (χ2n) is 6.75. The van der Waals surface area contributed by atoms with Crippen LogP contribution in [-0.4, -0.2) is 16.5 Å². The molecule has 2 fully saturated rings. The second-order valence-corrected chi connectivity index (χ2v) is 11.7. The molecule has 0 unspecified atom stereocenters.